The van der Waals surface area contributed by atoms with Crippen molar-refractivity contribution in [2.75, 3.05) is 13.1 Å². The number of thiazole rings is 1. The topological polar surface area (TPSA) is 71.1 Å². The van der Waals surface area contributed by atoms with Crippen molar-refractivity contribution in [3.63, 3.8) is 0 Å². The van der Waals surface area contributed by atoms with Gasteiger partial charge in [-0.3, -0.25) is 9.59 Å². The van der Waals surface area contributed by atoms with Crippen LogP contribution < -0.4 is 10.6 Å². The lowest BCUT2D eigenvalue weighted by Gasteiger charge is -2.13. The van der Waals surface area contributed by atoms with Gasteiger partial charge in [-0.05, 0) is 12.8 Å². The molecule has 0 aromatic carbocycles. The van der Waals surface area contributed by atoms with E-state index in [2.05, 4.69) is 36.4 Å². The van der Waals surface area contributed by atoms with Crippen LogP contribution in [-0.4, -0.2) is 29.9 Å². The molecule has 1 aliphatic carbocycles. The fourth-order valence-corrected chi connectivity index (χ4v) is 2.55. The lowest BCUT2D eigenvalue weighted by Crippen LogP contribution is -2.35. The minimum atomic E-state index is -0.126. The van der Waals surface area contributed by atoms with Gasteiger partial charge >= 0.3 is 0 Å². The SMILES string of the molecule is CC(C)(C)c1ncc(C(=O)NCCNC(=O)C2CC2)s1. The molecule has 2 rings (SSSR count). The summed E-state index contributed by atoms with van der Waals surface area (Å²) in [6, 6.07) is 0. The highest BCUT2D eigenvalue weighted by atomic mass is 32.1. The van der Waals surface area contributed by atoms with E-state index in [0.717, 1.165) is 17.8 Å². The van der Waals surface area contributed by atoms with Gasteiger partial charge in [0.25, 0.3) is 5.91 Å². The zero-order chi connectivity index (χ0) is 14.8. The van der Waals surface area contributed by atoms with Crippen molar-refractivity contribution in [1.29, 1.82) is 0 Å². The Morgan fingerprint density at radius 2 is 1.95 bits per heavy atom. The number of carbonyl (C=O) groups is 2. The molecule has 1 fully saturated rings. The second-order valence-corrected chi connectivity index (χ2v) is 7.13. The minimum absolute atomic E-state index is 0.0402. The Bertz CT molecular complexity index is 501. The Hall–Kier alpha value is -1.43. The molecule has 0 spiro atoms. The third-order valence-corrected chi connectivity index (χ3v) is 4.45. The van der Waals surface area contributed by atoms with Gasteiger partial charge in [0.05, 0.1) is 11.2 Å². The molecule has 1 saturated carbocycles. The Morgan fingerprint density at radius 3 is 2.50 bits per heavy atom. The van der Waals surface area contributed by atoms with E-state index in [1.165, 1.54) is 11.3 Å². The molecular weight excluding hydrogens is 274 g/mol. The molecule has 5 nitrogen and oxygen atoms in total. The first-order valence-corrected chi connectivity index (χ1v) is 7.72. The first kappa shape index (κ1) is 15.0. The molecular formula is C14H21N3O2S. The molecule has 2 amide bonds. The number of aromatic nitrogens is 1. The summed E-state index contributed by atoms with van der Waals surface area (Å²) in [6.45, 7) is 7.13. The fourth-order valence-electron chi connectivity index (χ4n) is 1.66. The molecule has 0 bridgehead atoms. The highest BCUT2D eigenvalue weighted by molar-refractivity contribution is 7.13. The van der Waals surface area contributed by atoms with E-state index in [-0.39, 0.29) is 23.1 Å². The van der Waals surface area contributed by atoms with E-state index in [0.29, 0.717) is 18.0 Å². The van der Waals surface area contributed by atoms with E-state index < -0.39 is 0 Å². The lowest BCUT2D eigenvalue weighted by molar-refractivity contribution is -0.122. The number of hydrogen-bond acceptors (Lipinski definition) is 4. The zero-order valence-corrected chi connectivity index (χ0v) is 13.0. The molecule has 2 N–H and O–H groups in total. The van der Waals surface area contributed by atoms with E-state index in [9.17, 15) is 9.59 Å². The normalized spacial score (nSPS) is 14.9. The number of hydrogen-bond donors (Lipinski definition) is 2. The van der Waals surface area contributed by atoms with Crippen LogP contribution in [0.5, 0.6) is 0 Å². The molecule has 110 valence electrons. The van der Waals surface area contributed by atoms with Crippen molar-refractivity contribution in [2.45, 2.75) is 39.0 Å². The summed E-state index contributed by atoms with van der Waals surface area (Å²) in [7, 11) is 0. The molecule has 20 heavy (non-hydrogen) atoms. The van der Waals surface area contributed by atoms with E-state index in [4.69, 9.17) is 0 Å². The van der Waals surface area contributed by atoms with Crippen LogP contribution in [0.25, 0.3) is 0 Å². The highest BCUT2D eigenvalue weighted by Gasteiger charge is 2.29. The Kier molecular flexibility index (Phi) is 4.42. The molecule has 1 aromatic rings. The third-order valence-electron chi connectivity index (χ3n) is 3.03. The first-order chi connectivity index (χ1) is 9.38. The quantitative estimate of drug-likeness (QED) is 0.812. The van der Waals surface area contributed by atoms with Crippen LogP contribution in [0.2, 0.25) is 0 Å². The molecule has 0 aliphatic heterocycles. The summed E-state index contributed by atoms with van der Waals surface area (Å²) in [4.78, 5) is 28.2. The van der Waals surface area contributed by atoms with Crippen molar-refractivity contribution >= 4 is 23.2 Å². The molecule has 6 heteroatoms. The van der Waals surface area contributed by atoms with Gasteiger partial charge in [-0.25, -0.2) is 4.98 Å². The average Bonchev–Trinajstić information content (AvgIpc) is 3.09. The van der Waals surface area contributed by atoms with Crippen LogP contribution in [0.4, 0.5) is 0 Å². The van der Waals surface area contributed by atoms with Crippen molar-refractivity contribution in [2.24, 2.45) is 5.92 Å². The summed E-state index contributed by atoms with van der Waals surface area (Å²) < 4.78 is 0. The highest BCUT2D eigenvalue weighted by Crippen LogP contribution is 2.28. The largest absolute Gasteiger partial charge is 0.354 e. The molecule has 0 unspecified atom stereocenters. The second kappa shape index (κ2) is 5.91. The van der Waals surface area contributed by atoms with Crippen LogP contribution in [0, 0.1) is 5.92 Å². The van der Waals surface area contributed by atoms with Gasteiger partial charge in [0.15, 0.2) is 0 Å². The molecule has 0 radical (unpaired) electrons. The minimum Gasteiger partial charge on any atom is -0.354 e. The van der Waals surface area contributed by atoms with Crippen molar-refractivity contribution in [1.82, 2.24) is 15.6 Å². The maximum Gasteiger partial charge on any atom is 0.263 e. The summed E-state index contributed by atoms with van der Waals surface area (Å²) in [5.74, 6) is 0.187. The molecule has 0 atom stereocenters. The van der Waals surface area contributed by atoms with Gasteiger partial charge in [0, 0.05) is 24.4 Å². The number of amides is 2. The summed E-state index contributed by atoms with van der Waals surface area (Å²) >= 11 is 1.42. The maximum atomic E-state index is 11.9. The standard InChI is InChI=1S/C14H21N3O2S/c1-14(2,3)13-17-8-10(20-13)12(19)16-7-6-15-11(18)9-4-5-9/h8-9H,4-7H2,1-3H3,(H,15,18)(H,16,19). The second-order valence-electron chi connectivity index (χ2n) is 6.10. The van der Waals surface area contributed by atoms with Gasteiger partial charge in [0.1, 0.15) is 4.88 Å². The molecule has 1 heterocycles. The van der Waals surface area contributed by atoms with Gasteiger partial charge in [0.2, 0.25) is 5.91 Å². The monoisotopic (exact) mass is 295 g/mol. The molecule has 1 aliphatic rings. The number of nitrogens with one attached hydrogen (secondary N) is 2. The predicted molar refractivity (Wildman–Crippen MR) is 78.9 cm³/mol. The summed E-state index contributed by atoms with van der Waals surface area (Å²) in [5.41, 5.74) is -0.0402. The fraction of sp³-hybridized carbons (Fsp3) is 0.643. The molecule has 1 aromatic heterocycles. The average molecular weight is 295 g/mol. The molecule has 0 saturated heterocycles. The Labute approximate surface area is 123 Å². The van der Waals surface area contributed by atoms with Crippen molar-refractivity contribution in [3.05, 3.63) is 16.1 Å². The number of carbonyl (C=O) groups excluding carboxylic acids is 2. The zero-order valence-electron chi connectivity index (χ0n) is 12.2. The lowest BCUT2D eigenvalue weighted by atomic mass is 9.98. The van der Waals surface area contributed by atoms with Crippen LogP contribution in [0.1, 0.15) is 48.3 Å². The van der Waals surface area contributed by atoms with Crippen LogP contribution in [-0.2, 0) is 10.2 Å². The van der Waals surface area contributed by atoms with Gasteiger partial charge < -0.3 is 10.6 Å². The maximum absolute atomic E-state index is 11.9. The van der Waals surface area contributed by atoms with E-state index in [1.54, 1.807) is 6.20 Å². The van der Waals surface area contributed by atoms with Crippen molar-refractivity contribution in [3.8, 4) is 0 Å². The van der Waals surface area contributed by atoms with Crippen LogP contribution in [0.3, 0.4) is 0 Å². The van der Waals surface area contributed by atoms with E-state index in [1.807, 2.05) is 0 Å². The van der Waals surface area contributed by atoms with Gasteiger partial charge in [-0.2, -0.15) is 0 Å². The number of nitrogens with zero attached hydrogens (tertiary/aromatic N) is 1. The smallest absolute Gasteiger partial charge is 0.263 e. The Balaban J connectivity index is 1.74. The van der Waals surface area contributed by atoms with Crippen LogP contribution >= 0.6 is 11.3 Å². The van der Waals surface area contributed by atoms with Crippen molar-refractivity contribution < 1.29 is 9.59 Å². The third kappa shape index (κ3) is 4.03. The Morgan fingerprint density at radius 1 is 1.30 bits per heavy atom. The van der Waals surface area contributed by atoms with Gasteiger partial charge in [-0.1, -0.05) is 20.8 Å². The van der Waals surface area contributed by atoms with E-state index >= 15 is 0 Å². The number of rotatable bonds is 5. The summed E-state index contributed by atoms with van der Waals surface area (Å²) in [5, 5.41) is 6.56. The first-order valence-electron chi connectivity index (χ1n) is 6.90. The predicted octanol–water partition coefficient (Wildman–Crippen LogP) is 1.70. The summed E-state index contributed by atoms with van der Waals surface area (Å²) in [6.07, 6.45) is 3.60. The van der Waals surface area contributed by atoms with Crippen LogP contribution in [0.15, 0.2) is 6.20 Å². The van der Waals surface area contributed by atoms with Gasteiger partial charge in [-0.15, -0.1) is 11.3 Å².